The first-order valence-electron chi connectivity index (χ1n) is 7.93. The summed E-state index contributed by atoms with van der Waals surface area (Å²) in [6.07, 6.45) is 1.05. The molecular weight excluding hydrogens is 413 g/mol. The Morgan fingerprint density at radius 2 is 1.79 bits per heavy atom. The van der Waals surface area contributed by atoms with Gasteiger partial charge in [0.1, 0.15) is 5.75 Å². The molecular formula is C19H26IN3O. The zero-order valence-corrected chi connectivity index (χ0v) is 16.8. The van der Waals surface area contributed by atoms with Gasteiger partial charge in [0.05, 0.1) is 6.10 Å². The van der Waals surface area contributed by atoms with E-state index in [1.807, 2.05) is 44.2 Å². The molecule has 4 nitrogen and oxygen atoms in total. The minimum Gasteiger partial charge on any atom is -0.491 e. The van der Waals surface area contributed by atoms with Crippen LogP contribution in [0.25, 0.3) is 0 Å². The first-order chi connectivity index (χ1) is 11.0. The van der Waals surface area contributed by atoms with E-state index in [-0.39, 0.29) is 30.1 Å². The van der Waals surface area contributed by atoms with Crippen molar-refractivity contribution in [3.05, 3.63) is 59.7 Å². The number of nitrogens with two attached hydrogens (primary N) is 1. The van der Waals surface area contributed by atoms with Crippen molar-refractivity contribution in [1.82, 2.24) is 0 Å². The van der Waals surface area contributed by atoms with E-state index >= 15 is 0 Å². The summed E-state index contributed by atoms with van der Waals surface area (Å²) in [5.74, 6) is 1.27. The summed E-state index contributed by atoms with van der Waals surface area (Å²) in [4.78, 5) is 4.38. The molecule has 0 atom stereocenters. The van der Waals surface area contributed by atoms with Crippen LogP contribution in [-0.2, 0) is 6.42 Å². The van der Waals surface area contributed by atoms with E-state index in [0.29, 0.717) is 12.5 Å². The highest BCUT2D eigenvalue weighted by Gasteiger charge is 2.00. The second-order valence-electron chi connectivity index (χ2n) is 5.76. The molecule has 0 saturated carbocycles. The summed E-state index contributed by atoms with van der Waals surface area (Å²) in [6, 6.07) is 16.0. The van der Waals surface area contributed by atoms with Crippen LogP contribution < -0.4 is 15.8 Å². The van der Waals surface area contributed by atoms with Gasteiger partial charge in [-0.2, -0.15) is 0 Å². The highest BCUT2D eigenvalue weighted by atomic mass is 127. The number of nitrogens with zero attached hydrogens (tertiary/aromatic N) is 1. The van der Waals surface area contributed by atoms with Gasteiger partial charge in [0.2, 0.25) is 0 Å². The summed E-state index contributed by atoms with van der Waals surface area (Å²) in [7, 11) is 0. The predicted molar refractivity (Wildman–Crippen MR) is 113 cm³/mol. The lowest BCUT2D eigenvalue weighted by Crippen LogP contribution is -2.23. The van der Waals surface area contributed by atoms with Gasteiger partial charge >= 0.3 is 0 Å². The van der Waals surface area contributed by atoms with Gasteiger partial charge in [0.15, 0.2) is 5.96 Å². The Hall–Kier alpha value is -1.76. The van der Waals surface area contributed by atoms with Gasteiger partial charge in [-0.25, -0.2) is 0 Å². The predicted octanol–water partition coefficient (Wildman–Crippen LogP) is 4.37. The number of ether oxygens (including phenoxy) is 1. The number of halogens is 1. The molecule has 0 amide bonds. The van der Waals surface area contributed by atoms with Gasteiger partial charge in [0.25, 0.3) is 0 Å². The maximum Gasteiger partial charge on any atom is 0.193 e. The Labute approximate surface area is 161 Å². The third-order valence-electron chi connectivity index (χ3n) is 3.42. The summed E-state index contributed by atoms with van der Waals surface area (Å²) < 4.78 is 5.61. The maximum atomic E-state index is 5.93. The van der Waals surface area contributed by atoms with Crippen molar-refractivity contribution >= 4 is 35.6 Å². The third-order valence-corrected chi connectivity index (χ3v) is 3.42. The molecule has 2 rings (SSSR count). The Bertz CT molecular complexity index is 654. The molecule has 0 aliphatic carbocycles. The molecule has 0 unspecified atom stereocenters. The van der Waals surface area contributed by atoms with Crippen LogP contribution in [0.2, 0.25) is 0 Å². The van der Waals surface area contributed by atoms with Gasteiger partial charge in [-0.15, -0.1) is 24.0 Å². The number of aryl methyl sites for hydroxylation is 1. The number of rotatable bonds is 6. The second kappa shape index (κ2) is 10.2. The van der Waals surface area contributed by atoms with Crippen molar-refractivity contribution in [2.45, 2.75) is 33.3 Å². The van der Waals surface area contributed by atoms with Crippen LogP contribution in [0.3, 0.4) is 0 Å². The van der Waals surface area contributed by atoms with Crippen LogP contribution in [0.5, 0.6) is 5.75 Å². The summed E-state index contributed by atoms with van der Waals surface area (Å²) in [5, 5.41) is 3.10. The maximum absolute atomic E-state index is 5.93. The molecule has 0 spiro atoms. The normalized spacial score (nSPS) is 11.1. The molecule has 0 aliphatic heterocycles. The number of benzene rings is 2. The van der Waals surface area contributed by atoms with Gasteiger partial charge < -0.3 is 15.8 Å². The Morgan fingerprint density at radius 1 is 1.12 bits per heavy atom. The van der Waals surface area contributed by atoms with E-state index < -0.39 is 0 Å². The zero-order valence-electron chi connectivity index (χ0n) is 14.5. The molecule has 130 valence electrons. The Kier molecular flexibility index (Phi) is 8.60. The number of nitrogens with one attached hydrogen (secondary N) is 1. The first kappa shape index (κ1) is 20.3. The fraction of sp³-hybridized carbons (Fsp3) is 0.316. The molecule has 5 heteroatoms. The van der Waals surface area contributed by atoms with Crippen molar-refractivity contribution in [2.24, 2.45) is 10.7 Å². The average molecular weight is 439 g/mol. The summed E-state index contributed by atoms with van der Waals surface area (Å²) >= 11 is 0. The monoisotopic (exact) mass is 439 g/mol. The number of anilines is 1. The minimum atomic E-state index is 0. The lowest BCUT2D eigenvalue weighted by molar-refractivity contribution is 0.242. The number of hydrogen-bond donors (Lipinski definition) is 2. The van der Waals surface area contributed by atoms with E-state index in [2.05, 4.69) is 35.4 Å². The SMILES string of the molecule is Cc1ccccc1CCN=C(N)Nc1ccc(OC(C)C)cc1.I. The van der Waals surface area contributed by atoms with Crippen molar-refractivity contribution in [1.29, 1.82) is 0 Å². The summed E-state index contributed by atoms with van der Waals surface area (Å²) in [6.45, 7) is 6.79. The van der Waals surface area contributed by atoms with Crippen LogP contribution in [0.15, 0.2) is 53.5 Å². The van der Waals surface area contributed by atoms with Gasteiger partial charge in [0, 0.05) is 12.2 Å². The van der Waals surface area contributed by atoms with E-state index in [4.69, 9.17) is 10.5 Å². The largest absolute Gasteiger partial charge is 0.491 e. The lowest BCUT2D eigenvalue weighted by Gasteiger charge is -2.11. The number of hydrogen-bond acceptors (Lipinski definition) is 2. The minimum absolute atomic E-state index is 0. The molecule has 2 aromatic rings. The van der Waals surface area contributed by atoms with E-state index in [1.54, 1.807) is 0 Å². The van der Waals surface area contributed by atoms with E-state index in [9.17, 15) is 0 Å². The standard InChI is InChI=1S/C19H25N3O.HI/c1-14(2)23-18-10-8-17(9-11-18)22-19(20)21-13-12-16-7-5-4-6-15(16)3;/h4-11,14H,12-13H2,1-3H3,(H3,20,21,22);1H. The Morgan fingerprint density at radius 3 is 2.42 bits per heavy atom. The zero-order chi connectivity index (χ0) is 16.7. The number of aliphatic imine (C=N–C) groups is 1. The van der Waals surface area contributed by atoms with Crippen molar-refractivity contribution in [3.8, 4) is 5.75 Å². The highest BCUT2D eigenvalue weighted by Crippen LogP contribution is 2.16. The van der Waals surface area contributed by atoms with Crippen LogP contribution in [-0.4, -0.2) is 18.6 Å². The van der Waals surface area contributed by atoms with Gasteiger partial charge in [-0.05, 0) is 62.6 Å². The van der Waals surface area contributed by atoms with E-state index in [1.165, 1.54) is 11.1 Å². The van der Waals surface area contributed by atoms with Crippen molar-refractivity contribution in [3.63, 3.8) is 0 Å². The molecule has 0 heterocycles. The van der Waals surface area contributed by atoms with Crippen LogP contribution in [0.1, 0.15) is 25.0 Å². The molecule has 0 fully saturated rings. The smallest absolute Gasteiger partial charge is 0.193 e. The molecule has 24 heavy (non-hydrogen) atoms. The first-order valence-corrected chi connectivity index (χ1v) is 7.93. The second-order valence-corrected chi connectivity index (χ2v) is 5.76. The van der Waals surface area contributed by atoms with Crippen LogP contribution in [0.4, 0.5) is 5.69 Å². The third kappa shape index (κ3) is 6.78. The fourth-order valence-corrected chi connectivity index (χ4v) is 2.26. The molecule has 0 bridgehead atoms. The van der Waals surface area contributed by atoms with Gasteiger partial charge in [-0.1, -0.05) is 24.3 Å². The summed E-state index contributed by atoms with van der Waals surface area (Å²) in [5.41, 5.74) is 9.43. The average Bonchev–Trinajstić information content (AvgIpc) is 2.51. The number of guanidine groups is 1. The van der Waals surface area contributed by atoms with E-state index in [0.717, 1.165) is 17.9 Å². The topological polar surface area (TPSA) is 59.6 Å². The van der Waals surface area contributed by atoms with Crippen LogP contribution in [0, 0.1) is 6.92 Å². The Balaban J connectivity index is 0.00000288. The quantitative estimate of drug-likeness (QED) is 0.399. The lowest BCUT2D eigenvalue weighted by atomic mass is 10.1. The van der Waals surface area contributed by atoms with Crippen LogP contribution >= 0.6 is 24.0 Å². The van der Waals surface area contributed by atoms with Crippen molar-refractivity contribution in [2.75, 3.05) is 11.9 Å². The molecule has 3 N–H and O–H groups in total. The van der Waals surface area contributed by atoms with Crippen molar-refractivity contribution < 1.29 is 4.74 Å². The molecule has 2 aromatic carbocycles. The molecule has 0 aromatic heterocycles. The molecule has 0 aliphatic rings. The fourth-order valence-electron chi connectivity index (χ4n) is 2.26. The molecule has 0 saturated heterocycles. The molecule has 0 radical (unpaired) electrons. The van der Waals surface area contributed by atoms with Gasteiger partial charge in [-0.3, -0.25) is 4.99 Å². The highest BCUT2D eigenvalue weighted by molar-refractivity contribution is 14.0.